The van der Waals surface area contributed by atoms with Gasteiger partial charge in [0.05, 0.1) is 28.9 Å². The number of rotatable bonds is 6. The summed E-state index contributed by atoms with van der Waals surface area (Å²) >= 11 is 1.75. The third-order valence-electron chi connectivity index (χ3n) is 3.52. The highest BCUT2D eigenvalue weighted by atomic mass is 32.1. The predicted molar refractivity (Wildman–Crippen MR) is 99.3 cm³/mol. The second-order valence-corrected chi connectivity index (χ2v) is 6.72. The molecule has 0 bridgehead atoms. The second kappa shape index (κ2) is 9.04. The zero-order valence-corrected chi connectivity index (χ0v) is 15.2. The van der Waals surface area contributed by atoms with E-state index in [-0.39, 0.29) is 0 Å². The van der Waals surface area contributed by atoms with Gasteiger partial charge in [0.1, 0.15) is 0 Å². The minimum atomic E-state index is 0.542. The molecule has 0 aliphatic rings. The summed E-state index contributed by atoms with van der Waals surface area (Å²) in [6.45, 7) is 8.33. The highest BCUT2D eigenvalue weighted by Crippen LogP contribution is 2.16. The van der Waals surface area contributed by atoms with Crippen molar-refractivity contribution in [1.82, 2.24) is 15.6 Å². The Morgan fingerprint density at radius 3 is 2.83 bits per heavy atom. The molecular weight excluding hydrogens is 318 g/mol. The molecule has 0 radical (unpaired) electrons. The molecule has 6 heteroatoms. The lowest BCUT2D eigenvalue weighted by Crippen LogP contribution is -2.38. The predicted octanol–water partition coefficient (Wildman–Crippen LogP) is 2.93. The van der Waals surface area contributed by atoms with Crippen LogP contribution < -0.4 is 10.6 Å². The van der Waals surface area contributed by atoms with Gasteiger partial charge in [0.15, 0.2) is 5.96 Å². The van der Waals surface area contributed by atoms with Gasteiger partial charge in [0, 0.05) is 24.4 Å². The first kappa shape index (κ1) is 18.0. The number of nitriles is 1. The number of nitrogens with one attached hydrogen (secondary N) is 2. The van der Waals surface area contributed by atoms with Crippen molar-refractivity contribution in [2.75, 3.05) is 13.1 Å². The van der Waals surface area contributed by atoms with E-state index in [1.54, 1.807) is 17.4 Å². The van der Waals surface area contributed by atoms with Crippen LogP contribution in [0.3, 0.4) is 0 Å². The van der Waals surface area contributed by atoms with Gasteiger partial charge in [-0.3, -0.25) is 0 Å². The van der Waals surface area contributed by atoms with Crippen molar-refractivity contribution in [3.8, 4) is 6.07 Å². The van der Waals surface area contributed by atoms with E-state index in [9.17, 15) is 0 Å². The number of benzene rings is 1. The van der Waals surface area contributed by atoms with Crippen molar-refractivity contribution >= 4 is 17.3 Å². The summed E-state index contributed by atoms with van der Waals surface area (Å²) in [5.74, 6) is 0.782. The number of aliphatic imine (C=N–C) groups is 1. The van der Waals surface area contributed by atoms with Crippen LogP contribution in [-0.2, 0) is 13.0 Å². The quantitative estimate of drug-likeness (QED) is 0.626. The second-order valence-electron chi connectivity index (χ2n) is 5.43. The van der Waals surface area contributed by atoms with Gasteiger partial charge in [0.25, 0.3) is 0 Å². The van der Waals surface area contributed by atoms with Crippen molar-refractivity contribution in [3.63, 3.8) is 0 Å². The van der Waals surface area contributed by atoms with Crippen LogP contribution in [0.5, 0.6) is 0 Å². The number of aromatic nitrogens is 1. The zero-order chi connectivity index (χ0) is 17.4. The molecule has 2 N–H and O–H groups in total. The van der Waals surface area contributed by atoms with E-state index in [4.69, 9.17) is 5.26 Å². The van der Waals surface area contributed by atoms with Crippen molar-refractivity contribution < 1.29 is 0 Å². The summed E-state index contributed by atoms with van der Waals surface area (Å²) in [5.41, 5.74) is 2.81. The van der Waals surface area contributed by atoms with Crippen molar-refractivity contribution in [3.05, 3.63) is 51.0 Å². The molecule has 0 spiro atoms. The van der Waals surface area contributed by atoms with Crippen molar-refractivity contribution in [2.45, 2.75) is 33.7 Å². The van der Waals surface area contributed by atoms with Gasteiger partial charge in [-0.15, -0.1) is 11.3 Å². The monoisotopic (exact) mass is 341 g/mol. The Morgan fingerprint density at radius 1 is 1.33 bits per heavy atom. The van der Waals surface area contributed by atoms with Crippen molar-refractivity contribution in [2.24, 2.45) is 4.99 Å². The first-order valence-electron chi connectivity index (χ1n) is 8.06. The van der Waals surface area contributed by atoms with Gasteiger partial charge in [-0.2, -0.15) is 5.26 Å². The Balaban J connectivity index is 1.91. The van der Waals surface area contributed by atoms with Crippen LogP contribution in [0.25, 0.3) is 0 Å². The molecule has 2 rings (SSSR count). The van der Waals surface area contributed by atoms with Crippen molar-refractivity contribution in [1.29, 1.82) is 5.26 Å². The lowest BCUT2D eigenvalue weighted by molar-refractivity contribution is 0.795. The Bertz CT molecular complexity index is 723. The maximum atomic E-state index is 8.95. The summed E-state index contributed by atoms with van der Waals surface area (Å²) in [6.07, 6.45) is 0.883. The molecule has 0 atom stereocenters. The standard InChI is InChI=1S/C18H23N5S/c1-4-20-18(21-9-8-17-23-13(2)14(3)24-17)22-12-16-7-5-6-15(10-16)11-19/h5-7,10H,4,8-9,12H2,1-3H3,(H2,20,21,22). The van der Waals surface area contributed by atoms with E-state index < -0.39 is 0 Å². The highest BCUT2D eigenvalue weighted by Gasteiger charge is 2.04. The summed E-state index contributed by atoms with van der Waals surface area (Å²) in [7, 11) is 0. The number of nitrogens with zero attached hydrogens (tertiary/aromatic N) is 3. The minimum Gasteiger partial charge on any atom is -0.357 e. The molecule has 0 fully saturated rings. The average Bonchev–Trinajstić information content (AvgIpc) is 2.91. The smallest absolute Gasteiger partial charge is 0.191 e. The highest BCUT2D eigenvalue weighted by molar-refractivity contribution is 7.11. The molecule has 1 aromatic carbocycles. The Kier molecular flexibility index (Phi) is 6.76. The molecule has 1 heterocycles. The number of hydrogen-bond acceptors (Lipinski definition) is 4. The molecule has 24 heavy (non-hydrogen) atoms. The van der Waals surface area contributed by atoms with E-state index in [1.807, 2.05) is 32.0 Å². The van der Waals surface area contributed by atoms with Crippen LogP contribution in [0.4, 0.5) is 0 Å². The molecule has 2 aromatic rings. The fraction of sp³-hybridized carbons (Fsp3) is 0.389. The summed E-state index contributed by atoms with van der Waals surface area (Å²) in [5, 5.41) is 16.7. The fourth-order valence-electron chi connectivity index (χ4n) is 2.19. The molecule has 0 unspecified atom stereocenters. The summed E-state index contributed by atoms with van der Waals surface area (Å²) in [4.78, 5) is 10.4. The number of hydrogen-bond donors (Lipinski definition) is 2. The Morgan fingerprint density at radius 2 is 2.17 bits per heavy atom. The van der Waals surface area contributed by atoms with Gasteiger partial charge < -0.3 is 10.6 Å². The summed E-state index contributed by atoms with van der Waals surface area (Å²) in [6, 6.07) is 9.69. The lowest BCUT2D eigenvalue weighted by atomic mass is 10.1. The van der Waals surface area contributed by atoms with Crippen LogP contribution in [0.15, 0.2) is 29.3 Å². The summed E-state index contributed by atoms with van der Waals surface area (Å²) < 4.78 is 0. The third kappa shape index (κ3) is 5.36. The van der Waals surface area contributed by atoms with Gasteiger partial charge in [-0.1, -0.05) is 12.1 Å². The normalized spacial score (nSPS) is 11.2. The molecule has 1 aromatic heterocycles. The van der Waals surface area contributed by atoms with E-state index in [1.165, 1.54) is 4.88 Å². The van der Waals surface area contributed by atoms with Crippen LogP contribution in [0.1, 0.15) is 33.6 Å². The van der Waals surface area contributed by atoms with Gasteiger partial charge >= 0.3 is 0 Å². The SMILES string of the molecule is CCNC(=NCc1cccc(C#N)c1)NCCc1nc(C)c(C)s1. The maximum Gasteiger partial charge on any atom is 0.191 e. The largest absolute Gasteiger partial charge is 0.357 e. The Labute approximate surface area is 147 Å². The molecule has 0 aliphatic heterocycles. The topological polar surface area (TPSA) is 73.1 Å². The zero-order valence-electron chi connectivity index (χ0n) is 14.4. The first-order chi connectivity index (χ1) is 11.6. The van der Waals surface area contributed by atoms with E-state index in [2.05, 4.69) is 33.6 Å². The van der Waals surface area contributed by atoms with Crippen LogP contribution in [-0.4, -0.2) is 24.0 Å². The van der Waals surface area contributed by atoms with Crippen LogP contribution in [0.2, 0.25) is 0 Å². The number of thiazole rings is 1. The molecule has 126 valence electrons. The molecule has 0 amide bonds. The average molecular weight is 341 g/mol. The molecule has 0 saturated carbocycles. The number of aryl methyl sites for hydroxylation is 2. The van der Waals surface area contributed by atoms with Crippen LogP contribution in [0, 0.1) is 25.2 Å². The van der Waals surface area contributed by atoms with E-state index in [0.717, 1.165) is 41.7 Å². The van der Waals surface area contributed by atoms with Gasteiger partial charge in [0.2, 0.25) is 0 Å². The van der Waals surface area contributed by atoms with Crippen LogP contribution >= 0.6 is 11.3 Å². The maximum absolute atomic E-state index is 8.95. The molecular formula is C18H23N5S. The van der Waals surface area contributed by atoms with Gasteiger partial charge in [-0.05, 0) is 38.5 Å². The van der Waals surface area contributed by atoms with E-state index in [0.29, 0.717) is 12.1 Å². The first-order valence-corrected chi connectivity index (χ1v) is 8.88. The van der Waals surface area contributed by atoms with E-state index >= 15 is 0 Å². The fourth-order valence-corrected chi connectivity index (χ4v) is 3.12. The molecule has 5 nitrogen and oxygen atoms in total. The molecule has 0 saturated heterocycles. The third-order valence-corrected chi connectivity index (χ3v) is 4.66. The van der Waals surface area contributed by atoms with Gasteiger partial charge in [-0.25, -0.2) is 9.98 Å². The Hall–Kier alpha value is -2.39. The molecule has 0 aliphatic carbocycles. The lowest BCUT2D eigenvalue weighted by Gasteiger charge is -2.10. The minimum absolute atomic E-state index is 0.542. The number of guanidine groups is 1.